The van der Waals surface area contributed by atoms with Gasteiger partial charge in [0.2, 0.25) is 5.89 Å². The van der Waals surface area contributed by atoms with Crippen molar-refractivity contribution >= 4 is 11.9 Å². The molecule has 0 unspecified atom stereocenters. The van der Waals surface area contributed by atoms with Gasteiger partial charge in [0.05, 0.1) is 47.9 Å². The minimum absolute atomic E-state index is 0.140. The highest BCUT2D eigenvalue weighted by Gasteiger charge is 2.28. The van der Waals surface area contributed by atoms with Crippen LogP contribution in [0.4, 0.5) is 5.95 Å². The molecule has 0 amide bonds. The van der Waals surface area contributed by atoms with Gasteiger partial charge in [-0.15, -0.1) is 0 Å². The lowest BCUT2D eigenvalue weighted by molar-refractivity contribution is -0.143. The lowest BCUT2D eigenvalue weighted by atomic mass is 9.87. The van der Waals surface area contributed by atoms with E-state index < -0.39 is 5.97 Å². The Hall–Kier alpha value is -3.50. The van der Waals surface area contributed by atoms with Gasteiger partial charge >= 0.3 is 5.97 Å². The molecule has 11 heteroatoms. The van der Waals surface area contributed by atoms with Crippen LogP contribution in [0.15, 0.2) is 16.9 Å². The van der Waals surface area contributed by atoms with E-state index in [2.05, 4.69) is 37.4 Å². The molecular weight excluding hydrogens is 438 g/mol. The third-order valence-corrected chi connectivity index (χ3v) is 6.13. The minimum atomic E-state index is -0.757. The number of anilines is 1. The number of nitrogens with one attached hydrogen (secondary N) is 1. The first-order valence-corrected chi connectivity index (χ1v) is 11.7. The zero-order chi connectivity index (χ0) is 24.1. The zero-order valence-corrected chi connectivity index (χ0v) is 19.8. The average molecular weight is 470 g/mol. The molecule has 1 fully saturated rings. The van der Waals surface area contributed by atoms with Crippen LogP contribution in [0, 0.1) is 12.8 Å². The van der Waals surface area contributed by atoms with Gasteiger partial charge in [-0.3, -0.25) is 9.48 Å². The maximum absolute atomic E-state index is 11.3. The number of hydrogen-bond donors (Lipinski definition) is 2. The lowest BCUT2D eigenvalue weighted by Gasteiger charge is -2.27. The van der Waals surface area contributed by atoms with Crippen molar-refractivity contribution in [1.29, 1.82) is 0 Å². The average Bonchev–Trinajstić information content (AvgIpc) is 3.44. The molecule has 0 aliphatic heterocycles. The monoisotopic (exact) mass is 469 g/mol. The van der Waals surface area contributed by atoms with Crippen molar-refractivity contribution in [2.75, 3.05) is 5.32 Å². The molecule has 1 aliphatic carbocycles. The summed E-state index contributed by atoms with van der Waals surface area (Å²) < 4.78 is 13.1. The summed E-state index contributed by atoms with van der Waals surface area (Å²) in [5.74, 6) is 1.07. The second-order valence-corrected chi connectivity index (χ2v) is 8.68. The first-order chi connectivity index (χ1) is 16.4. The Bertz CT molecular complexity index is 1130. The van der Waals surface area contributed by atoms with E-state index in [-0.39, 0.29) is 12.0 Å². The summed E-state index contributed by atoms with van der Waals surface area (Å²) in [6.07, 6.45) is 8.96. The minimum Gasteiger partial charge on any atom is -0.487 e. The standard InChI is InChI=1S/C23H31N7O4/c1-4-5-9-20-28-23(29-34-20)25-12-18-17(11-26-30(18)3)21-24-13-19(14(2)27-21)33-16-8-6-7-15(10-16)22(31)32/h11,13,15-16H,4-10,12H2,1-3H3,(H,25,29)(H,31,32)/t15-,16-/m0/s1. The highest BCUT2D eigenvalue weighted by atomic mass is 16.5. The van der Waals surface area contributed by atoms with E-state index >= 15 is 0 Å². The molecule has 0 aromatic carbocycles. The molecule has 182 valence electrons. The summed E-state index contributed by atoms with van der Waals surface area (Å²) in [5.41, 5.74) is 2.37. The Morgan fingerprint density at radius 3 is 2.94 bits per heavy atom. The largest absolute Gasteiger partial charge is 0.487 e. The van der Waals surface area contributed by atoms with Crippen molar-refractivity contribution in [2.24, 2.45) is 13.0 Å². The van der Waals surface area contributed by atoms with Gasteiger partial charge in [0.25, 0.3) is 5.95 Å². The fourth-order valence-electron chi connectivity index (χ4n) is 4.14. The zero-order valence-electron chi connectivity index (χ0n) is 19.8. The maximum Gasteiger partial charge on any atom is 0.306 e. The van der Waals surface area contributed by atoms with Crippen molar-refractivity contribution in [3.8, 4) is 17.1 Å². The normalized spacial score (nSPS) is 18.1. The van der Waals surface area contributed by atoms with E-state index in [4.69, 9.17) is 9.26 Å². The van der Waals surface area contributed by atoms with Crippen LogP contribution in [0.2, 0.25) is 0 Å². The van der Waals surface area contributed by atoms with Crippen molar-refractivity contribution in [2.45, 2.75) is 71.4 Å². The number of aromatic nitrogens is 6. The molecule has 34 heavy (non-hydrogen) atoms. The first-order valence-electron chi connectivity index (χ1n) is 11.7. The summed E-state index contributed by atoms with van der Waals surface area (Å²) in [5, 5.41) is 20.8. The Labute approximate surface area is 197 Å². The second kappa shape index (κ2) is 10.6. The molecule has 0 bridgehead atoms. The number of unbranched alkanes of at least 4 members (excludes halogenated alkanes) is 1. The van der Waals surface area contributed by atoms with Crippen molar-refractivity contribution in [3.05, 3.63) is 29.7 Å². The molecule has 0 spiro atoms. The Kier molecular flexibility index (Phi) is 7.39. The number of hydrogen-bond acceptors (Lipinski definition) is 9. The fraction of sp³-hybridized carbons (Fsp3) is 0.565. The third kappa shape index (κ3) is 5.52. The lowest BCUT2D eigenvalue weighted by Crippen LogP contribution is -2.29. The number of carboxylic acids is 1. The third-order valence-electron chi connectivity index (χ3n) is 6.13. The van der Waals surface area contributed by atoms with Gasteiger partial charge in [0, 0.05) is 13.5 Å². The van der Waals surface area contributed by atoms with Crippen LogP contribution in [0.1, 0.15) is 62.7 Å². The van der Waals surface area contributed by atoms with Crippen LogP contribution >= 0.6 is 0 Å². The number of ether oxygens (including phenoxy) is 1. The predicted molar refractivity (Wildman–Crippen MR) is 123 cm³/mol. The van der Waals surface area contributed by atoms with E-state index in [9.17, 15) is 9.90 Å². The number of aliphatic carboxylic acids is 1. The molecule has 0 saturated heterocycles. The topological polar surface area (TPSA) is 141 Å². The molecule has 3 aromatic rings. The van der Waals surface area contributed by atoms with E-state index in [1.54, 1.807) is 17.1 Å². The maximum atomic E-state index is 11.3. The van der Waals surface area contributed by atoms with Crippen LogP contribution in [0.5, 0.6) is 5.75 Å². The van der Waals surface area contributed by atoms with Crippen molar-refractivity contribution in [1.82, 2.24) is 29.9 Å². The molecule has 1 saturated carbocycles. The highest BCUT2D eigenvalue weighted by Crippen LogP contribution is 2.30. The van der Waals surface area contributed by atoms with E-state index in [0.717, 1.165) is 43.4 Å². The summed E-state index contributed by atoms with van der Waals surface area (Å²) in [7, 11) is 1.86. The molecule has 2 N–H and O–H groups in total. The van der Waals surface area contributed by atoms with E-state index in [1.165, 1.54) is 0 Å². The Morgan fingerprint density at radius 2 is 2.18 bits per heavy atom. The quantitative estimate of drug-likeness (QED) is 0.453. The van der Waals surface area contributed by atoms with Crippen LogP contribution < -0.4 is 10.1 Å². The van der Waals surface area contributed by atoms with E-state index in [1.807, 2.05) is 14.0 Å². The van der Waals surface area contributed by atoms with Gasteiger partial charge in [0.1, 0.15) is 0 Å². The smallest absolute Gasteiger partial charge is 0.306 e. The second-order valence-electron chi connectivity index (χ2n) is 8.68. The molecule has 0 radical (unpaired) electrons. The van der Waals surface area contributed by atoms with Gasteiger partial charge in [0.15, 0.2) is 11.6 Å². The summed E-state index contributed by atoms with van der Waals surface area (Å²) in [6, 6.07) is 0. The number of nitrogens with zero attached hydrogens (tertiary/aromatic N) is 6. The summed E-state index contributed by atoms with van der Waals surface area (Å²) >= 11 is 0. The molecule has 2 atom stereocenters. The van der Waals surface area contributed by atoms with Crippen LogP contribution in [0.25, 0.3) is 11.4 Å². The van der Waals surface area contributed by atoms with Crippen molar-refractivity contribution < 1.29 is 19.2 Å². The van der Waals surface area contributed by atoms with Gasteiger partial charge < -0.3 is 19.7 Å². The first kappa shape index (κ1) is 23.7. The van der Waals surface area contributed by atoms with E-state index in [0.29, 0.717) is 48.5 Å². The molecule has 4 rings (SSSR count). The number of aryl methyl sites for hydroxylation is 3. The summed E-state index contributed by atoms with van der Waals surface area (Å²) in [4.78, 5) is 24.9. The number of rotatable bonds is 10. The van der Waals surface area contributed by atoms with Gasteiger partial charge in [-0.05, 0) is 44.2 Å². The highest BCUT2D eigenvalue weighted by molar-refractivity contribution is 5.70. The molecule has 11 nitrogen and oxygen atoms in total. The predicted octanol–water partition coefficient (Wildman–Crippen LogP) is 3.55. The fourth-order valence-corrected chi connectivity index (χ4v) is 4.14. The van der Waals surface area contributed by atoms with Crippen LogP contribution in [-0.2, 0) is 24.8 Å². The number of carboxylic acid groups (broad SMARTS) is 1. The number of carbonyl (C=O) groups is 1. The summed E-state index contributed by atoms with van der Waals surface area (Å²) in [6.45, 7) is 4.41. The Morgan fingerprint density at radius 1 is 1.32 bits per heavy atom. The van der Waals surface area contributed by atoms with Gasteiger partial charge in [-0.2, -0.15) is 10.1 Å². The van der Waals surface area contributed by atoms with Crippen LogP contribution in [0.3, 0.4) is 0 Å². The molecular formula is C23H31N7O4. The Balaban J connectivity index is 1.44. The molecule has 1 aliphatic rings. The van der Waals surface area contributed by atoms with Crippen LogP contribution in [-0.4, -0.2) is 47.1 Å². The van der Waals surface area contributed by atoms with Crippen molar-refractivity contribution in [3.63, 3.8) is 0 Å². The SMILES string of the molecule is CCCCc1nc(NCc2c(-c3ncc(O[C@H]4CCC[C@H](C(=O)O)C4)c(C)n3)cnn2C)no1. The molecule has 3 heterocycles. The van der Waals surface area contributed by atoms with Gasteiger partial charge in [-0.1, -0.05) is 13.3 Å². The van der Waals surface area contributed by atoms with Gasteiger partial charge in [-0.25, -0.2) is 9.97 Å². The molecule has 3 aromatic heterocycles.